The van der Waals surface area contributed by atoms with Crippen LogP contribution in [0, 0.1) is 6.92 Å². The van der Waals surface area contributed by atoms with Crippen LogP contribution < -0.4 is 10.1 Å². The number of benzene rings is 1. The Morgan fingerprint density at radius 2 is 1.93 bits per heavy atom. The van der Waals surface area contributed by atoms with Crippen molar-refractivity contribution in [2.45, 2.75) is 62.8 Å². The molecular formula is C21H28N2O5S. The summed E-state index contributed by atoms with van der Waals surface area (Å²) < 4.78 is 36.4. The summed E-state index contributed by atoms with van der Waals surface area (Å²) in [6, 6.07) is 6.71. The van der Waals surface area contributed by atoms with E-state index in [-0.39, 0.29) is 34.8 Å². The van der Waals surface area contributed by atoms with Gasteiger partial charge in [0.2, 0.25) is 5.91 Å². The zero-order chi connectivity index (χ0) is 20.9. The van der Waals surface area contributed by atoms with Gasteiger partial charge in [-0.1, -0.05) is 30.8 Å². The zero-order valence-corrected chi connectivity index (χ0v) is 17.8. The quantitative estimate of drug-likeness (QED) is 0.687. The molecule has 0 saturated heterocycles. The minimum atomic E-state index is -3.72. The van der Waals surface area contributed by atoms with E-state index >= 15 is 0 Å². The Bertz CT molecular complexity index is 944. The van der Waals surface area contributed by atoms with Gasteiger partial charge < -0.3 is 14.6 Å². The van der Waals surface area contributed by atoms with Gasteiger partial charge in [-0.3, -0.25) is 4.79 Å². The molecule has 0 radical (unpaired) electrons. The van der Waals surface area contributed by atoms with Crippen LogP contribution in [0.5, 0.6) is 5.75 Å². The summed E-state index contributed by atoms with van der Waals surface area (Å²) in [6.45, 7) is 1.79. The van der Waals surface area contributed by atoms with Crippen molar-refractivity contribution in [1.29, 1.82) is 0 Å². The second-order valence-electron chi connectivity index (χ2n) is 7.52. The van der Waals surface area contributed by atoms with Gasteiger partial charge in [-0.25, -0.2) is 8.42 Å². The van der Waals surface area contributed by atoms with E-state index in [1.807, 2.05) is 0 Å². The third-order valence-corrected chi connectivity index (χ3v) is 6.96. The summed E-state index contributed by atoms with van der Waals surface area (Å²) in [5.41, 5.74) is 1.29. The van der Waals surface area contributed by atoms with E-state index in [2.05, 4.69) is 10.5 Å². The maximum Gasteiger partial charge on any atom is 0.221 e. The average molecular weight is 421 g/mol. The van der Waals surface area contributed by atoms with Crippen molar-refractivity contribution in [1.82, 2.24) is 10.5 Å². The molecule has 1 aliphatic rings. The Balaban J connectivity index is 1.71. The number of ether oxygens (including phenoxy) is 1. The van der Waals surface area contributed by atoms with Gasteiger partial charge in [0.1, 0.15) is 10.6 Å². The summed E-state index contributed by atoms with van der Waals surface area (Å²) in [7, 11) is -2.30. The van der Waals surface area contributed by atoms with E-state index in [1.54, 1.807) is 25.1 Å². The number of nitrogens with zero attached hydrogens (tertiary/aromatic N) is 1. The molecule has 1 heterocycles. The van der Waals surface area contributed by atoms with Crippen LogP contribution in [0.1, 0.15) is 50.6 Å². The van der Waals surface area contributed by atoms with E-state index in [1.165, 1.54) is 26.0 Å². The van der Waals surface area contributed by atoms with E-state index in [4.69, 9.17) is 9.26 Å². The third kappa shape index (κ3) is 5.59. The first-order valence-electron chi connectivity index (χ1n) is 10.0. The number of aromatic nitrogens is 1. The van der Waals surface area contributed by atoms with Gasteiger partial charge in [-0.2, -0.15) is 0 Å². The fourth-order valence-electron chi connectivity index (χ4n) is 3.63. The minimum Gasteiger partial charge on any atom is -0.495 e. The van der Waals surface area contributed by atoms with Crippen LogP contribution in [-0.4, -0.2) is 38.4 Å². The highest BCUT2D eigenvalue weighted by Gasteiger charge is 2.23. The predicted octanol–water partition coefficient (Wildman–Crippen LogP) is 3.66. The van der Waals surface area contributed by atoms with E-state index < -0.39 is 9.84 Å². The number of methoxy groups -OCH3 is 1. The molecule has 1 saturated carbocycles. The maximum absolute atomic E-state index is 12.9. The third-order valence-electron chi connectivity index (χ3n) is 5.23. The zero-order valence-electron chi connectivity index (χ0n) is 16.9. The summed E-state index contributed by atoms with van der Waals surface area (Å²) in [5.74, 6) is 0.226. The smallest absolute Gasteiger partial charge is 0.221 e. The van der Waals surface area contributed by atoms with E-state index in [0.717, 1.165) is 25.7 Å². The molecule has 7 nitrogen and oxygen atoms in total. The Labute approximate surface area is 171 Å². The maximum atomic E-state index is 12.9. The van der Waals surface area contributed by atoms with Crippen LogP contribution in [0.25, 0.3) is 11.3 Å². The van der Waals surface area contributed by atoms with Crippen LogP contribution in [0.3, 0.4) is 0 Å². The standard InChI is InChI=1S/C21H28N2O5S/c1-15-13-19(28-23-15)16-9-10-18(27-2)20(14-16)29(25,26)12-11-21(24)22-17-7-5-3-4-6-8-17/h9-10,13-14,17H,3-8,11-12H2,1-2H3,(H,22,24). The number of hydrogen-bond donors (Lipinski definition) is 1. The van der Waals surface area contributed by atoms with Crippen molar-refractivity contribution in [3.63, 3.8) is 0 Å². The number of amides is 1. The second kappa shape index (κ2) is 9.43. The fraction of sp³-hybridized carbons (Fsp3) is 0.524. The van der Waals surface area contributed by atoms with Crippen molar-refractivity contribution >= 4 is 15.7 Å². The molecule has 1 aromatic heterocycles. The molecule has 1 fully saturated rings. The lowest BCUT2D eigenvalue weighted by Crippen LogP contribution is -2.35. The molecule has 1 aliphatic carbocycles. The number of carbonyl (C=O) groups is 1. The SMILES string of the molecule is COc1ccc(-c2cc(C)no2)cc1S(=O)(=O)CCC(=O)NC1CCCCCC1. The van der Waals surface area contributed by atoms with Crippen LogP contribution >= 0.6 is 0 Å². The monoisotopic (exact) mass is 420 g/mol. The summed E-state index contributed by atoms with van der Waals surface area (Å²) in [5, 5.41) is 6.83. The normalized spacial score (nSPS) is 15.7. The lowest BCUT2D eigenvalue weighted by molar-refractivity contribution is -0.121. The molecule has 1 amide bonds. The molecule has 8 heteroatoms. The number of nitrogens with one attached hydrogen (secondary N) is 1. The molecule has 0 atom stereocenters. The van der Waals surface area contributed by atoms with Gasteiger partial charge in [0.15, 0.2) is 15.6 Å². The molecule has 0 unspecified atom stereocenters. The number of sulfone groups is 1. The fourth-order valence-corrected chi connectivity index (χ4v) is 5.07. The van der Waals surface area contributed by atoms with E-state index in [9.17, 15) is 13.2 Å². The first kappa shape index (κ1) is 21.4. The number of aryl methyl sites for hydroxylation is 1. The topological polar surface area (TPSA) is 98.5 Å². The summed E-state index contributed by atoms with van der Waals surface area (Å²) in [6.07, 6.45) is 6.45. The first-order valence-corrected chi connectivity index (χ1v) is 11.7. The van der Waals surface area contributed by atoms with Crippen molar-refractivity contribution < 1.29 is 22.5 Å². The molecule has 158 valence electrons. The molecule has 2 aromatic rings. The predicted molar refractivity (Wildman–Crippen MR) is 110 cm³/mol. The molecule has 0 bridgehead atoms. The Kier molecular flexibility index (Phi) is 6.95. The minimum absolute atomic E-state index is 0.0498. The Morgan fingerprint density at radius 1 is 1.21 bits per heavy atom. The van der Waals surface area contributed by atoms with Crippen molar-refractivity contribution in [2.75, 3.05) is 12.9 Å². The average Bonchev–Trinajstić information content (AvgIpc) is 2.98. The Morgan fingerprint density at radius 3 is 2.55 bits per heavy atom. The molecule has 29 heavy (non-hydrogen) atoms. The highest BCUT2D eigenvalue weighted by Crippen LogP contribution is 2.31. The van der Waals surface area contributed by atoms with Crippen molar-refractivity contribution in [2.24, 2.45) is 0 Å². The van der Waals surface area contributed by atoms with Crippen LogP contribution in [0.4, 0.5) is 0 Å². The van der Waals surface area contributed by atoms with Gasteiger partial charge in [0.25, 0.3) is 0 Å². The highest BCUT2D eigenvalue weighted by molar-refractivity contribution is 7.91. The second-order valence-corrected chi connectivity index (χ2v) is 9.60. The van der Waals surface area contributed by atoms with Gasteiger partial charge in [-0.15, -0.1) is 0 Å². The molecule has 0 spiro atoms. The lowest BCUT2D eigenvalue weighted by atomic mass is 10.1. The number of hydrogen-bond acceptors (Lipinski definition) is 6. The van der Waals surface area contributed by atoms with Gasteiger partial charge in [0, 0.05) is 24.1 Å². The van der Waals surface area contributed by atoms with Crippen LogP contribution in [0.15, 0.2) is 33.7 Å². The molecule has 3 rings (SSSR count). The van der Waals surface area contributed by atoms with Gasteiger partial charge in [-0.05, 0) is 38.0 Å². The molecule has 1 N–H and O–H groups in total. The van der Waals surface area contributed by atoms with Gasteiger partial charge in [0.05, 0.1) is 18.6 Å². The largest absolute Gasteiger partial charge is 0.495 e. The molecule has 0 aliphatic heterocycles. The van der Waals surface area contributed by atoms with E-state index in [0.29, 0.717) is 17.0 Å². The van der Waals surface area contributed by atoms with Crippen molar-refractivity contribution in [3.8, 4) is 17.1 Å². The first-order chi connectivity index (χ1) is 13.9. The lowest BCUT2D eigenvalue weighted by Gasteiger charge is -2.16. The molecular weight excluding hydrogens is 392 g/mol. The Hall–Kier alpha value is -2.35. The van der Waals surface area contributed by atoms with Crippen molar-refractivity contribution in [3.05, 3.63) is 30.0 Å². The summed E-state index contributed by atoms with van der Waals surface area (Å²) >= 11 is 0. The number of rotatable bonds is 7. The number of carbonyl (C=O) groups excluding carboxylic acids is 1. The van der Waals surface area contributed by atoms with Gasteiger partial charge >= 0.3 is 0 Å². The molecule has 1 aromatic carbocycles. The van der Waals surface area contributed by atoms with Crippen LogP contribution in [0.2, 0.25) is 0 Å². The highest BCUT2D eigenvalue weighted by atomic mass is 32.2. The van der Waals surface area contributed by atoms with Crippen LogP contribution in [-0.2, 0) is 14.6 Å². The summed E-state index contributed by atoms with van der Waals surface area (Å²) in [4.78, 5) is 12.4.